The Bertz CT molecular complexity index is 368. The second-order valence-corrected chi connectivity index (χ2v) is 3.82. The highest BCUT2D eigenvalue weighted by molar-refractivity contribution is 5.96. The maximum atomic E-state index is 11.7. The second kappa shape index (κ2) is 5.87. The maximum Gasteiger partial charge on any atom is 0.227 e. The molecule has 0 unspecified atom stereocenters. The Morgan fingerprint density at radius 2 is 2.00 bits per heavy atom. The van der Waals surface area contributed by atoms with Gasteiger partial charge in [-0.15, -0.1) is 12.4 Å². The van der Waals surface area contributed by atoms with Gasteiger partial charge in [0.2, 0.25) is 5.91 Å². The van der Waals surface area contributed by atoms with Gasteiger partial charge in [-0.25, -0.2) is 0 Å². The first kappa shape index (κ1) is 13.0. The summed E-state index contributed by atoms with van der Waals surface area (Å²) in [6.45, 7) is 1.37. The van der Waals surface area contributed by atoms with Gasteiger partial charge in [0, 0.05) is 18.7 Å². The molecule has 0 saturated carbocycles. The number of nitrogens with zero attached hydrogens (tertiary/aromatic N) is 1. The van der Waals surface area contributed by atoms with Gasteiger partial charge in [-0.1, -0.05) is 18.2 Å². The third-order valence-electron chi connectivity index (χ3n) is 2.78. The largest absolute Gasteiger partial charge is 0.330 e. The summed E-state index contributed by atoms with van der Waals surface area (Å²) in [5.41, 5.74) is 7.82. The number of carbonyl (C=O) groups is 1. The van der Waals surface area contributed by atoms with Crippen LogP contribution in [-0.4, -0.2) is 19.0 Å². The zero-order valence-electron chi connectivity index (χ0n) is 9.19. The molecule has 0 atom stereocenters. The van der Waals surface area contributed by atoms with E-state index in [1.54, 1.807) is 0 Å². The molecule has 88 valence electrons. The number of benzene rings is 1. The van der Waals surface area contributed by atoms with Gasteiger partial charge in [0.15, 0.2) is 0 Å². The van der Waals surface area contributed by atoms with Crippen LogP contribution in [-0.2, 0) is 11.2 Å². The number of anilines is 1. The summed E-state index contributed by atoms with van der Waals surface area (Å²) < 4.78 is 0. The lowest BCUT2D eigenvalue weighted by Crippen LogP contribution is -2.36. The van der Waals surface area contributed by atoms with Gasteiger partial charge in [0.05, 0.1) is 0 Å². The zero-order chi connectivity index (χ0) is 10.7. The Kier molecular flexibility index (Phi) is 4.77. The second-order valence-electron chi connectivity index (χ2n) is 3.82. The molecule has 2 rings (SSSR count). The summed E-state index contributed by atoms with van der Waals surface area (Å²) in [4.78, 5) is 13.6. The molecule has 16 heavy (non-hydrogen) atoms. The van der Waals surface area contributed by atoms with E-state index in [2.05, 4.69) is 6.07 Å². The molecule has 3 nitrogen and oxygen atoms in total. The molecule has 1 aliphatic heterocycles. The van der Waals surface area contributed by atoms with Crippen molar-refractivity contribution in [1.82, 2.24) is 0 Å². The summed E-state index contributed by atoms with van der Waals surface area (Å²) in [5.74, 6) is 0.224. The van der Waals surface area contributed by atoms with Gasteiger partial charge in [0.25, 0.3) is 0 Å². The number of para-hydroxylation sites is 1. The van der Waals surface area contributed by atoms with E-state index in [0.29, 0.717) is 13.0 Å². The molecule has 0 saturated heterocycles. The number of rotatable bonds is 3. The first-order chi connectivity index (χ1) is 7.33. The van der Waals surface area contributed by atoms with E-state index < -0.39 is 0 Å². The van der Waals surface area contributed by atoms with Crippen molar-refractivity contribution >= 4 is 24.0 Å². The fourth-order valence-corrected chi connectivity index (χ4v) is 1.99. The Balaban J connectivity index is 0.00000128. The molecule has 0 radical (unpaired) electrons. The molecular weight excluding hydrogens is 224 g/mol. The SMILES string of the molecule is Cl.NCCCN1C(=O)CCc2ccccc21. The molecule has 4 heteroatoms. The molecule has 1 heterocycles. The Morgan fingerprint density at radius 3 is 2.75 bits per heavy atom. The highest BCUT2D eigenvalue weighted by Crippen LogP contribution is 2.27. The van der Waals surface area contributed by atoms with E-state index in [4.69, 9.17) is 5.73 Å². The highest BCUT2D eigenvalue weighted by Gasteiger charge is 2.22. The van der Waals surface area contributed by atoms with Gasteiger partial charge in [-0.2, -0.15) is 0 Å². The molecule has 1 amide bonds. The van der Waals surface area contributed by atoms with E-state index >= 15 is 0 Å². The van der Waals surface area contributed by atoms with Crippen molar-refractivity contribution < 1.29 is 4.79 Å². The molecule has 0 fully saturated rings. The predicted molar refractivity (Wildman–Crippen MR) is 68.0 cm³/mol. The summed E-state index contributed by atoms with van der Waals surface area (Å²) in [7, 11) is 0. The smallest absolute Gasteiger partial charge is 0.227 e. The van der Waals surface area contributed by atoms with Crippen LogP contribution in [0.4, 0.5) is 5.69 Å². The minimum atomic E-state index is 0. The van der Waals surface area contributed by atoms with Gasteiger partial charge in [-0.3, -0.25) is 4.79 Å². The van der Waals surface area contributed by atoms with Crippen LogP contribution in [0.1, 0.15) is 18.4 Å². The van der Waals surface area contributed by atoms with Crippen molar-refractivity contribution in [2.24, 2.45) is 5.73 Å². The number of nitrogens with two attached hydrogens (primary N) is 1. The van der Waals surface area contributed by atoms with Gasteiger partial charge >= 0.3 is 0 Å². The molecular formula is C12H17ClN2O. The molecule has 2 N–H and O–H groups in total. The fourth-order valence-electron chi connectivity index (χ4n) is 1.99. The van der Waals surface area contributed by atoms with E-state index in [-0.39, 0.29) is 18.3 Å². The number of fused-ring (bicyclic) bond motifs is 1. The topological polar surface area (TPSA) is 46.3 Å². The van der Waals surface area contributed by atoms with Crippen LogP contribution in [0.25, 0.3) is 0 Å². The number of hydrogen-bond acceptors (Lipinski definition) is 2. The molecule has 0 aliphatic carbocycles. The Labute approximate surface area is 102 Å². The number of carbonyl (C=O) groups excluding carboxylic acids is 1. The number of aryl methyl sites for hydroxylation is 1. The summed E-state index contributed by atoms with van der Waals surface area (Å²) in [6.07, 6.45) is 2.36. The maximum absolute atomic E-state index is 11.7. The van der Waals surface area contributed by atoms with Crippen LogP contribution in [0.5, 0.6) is 0 Å². The minimum absolute atomic E-state index is 0. The van der Waals surface area contributed by atoms with Crippen LogP contribution in [0, 0.1) is 0 Å². The van der Waals surface area contributed by atoms with Crippen molar-refractivity contribution in [2.75, 3.05) is 18.0 Å². The number of amides is 1. The first-order valence-corrected chi connectivity index (χ1v) is 5.41. The predicted octanol–water partition coefficient (Wildman–Crippen LogP) is 1.74. The standard InChI is InChI=1S/C12H16N2O.ClH/c13-8-3-9-14-11-5-2-1-4-10(11)6-7-12(14)15;/h1-2,4-5H,3,6-9,13H2;1H. The van der Waals surface area contributed by atoms with Crippen LogP contribution in [0.3, 0.4) is 0 Å². The Morgan fingerprint density at radius 1 is 1.25 bits per heavy atom. The zero-order valence-corrected chi connectivity index (χ0v) is 10.0. The van der Waals surface area contributed by atoms with Crippen molar-refractivity contribution in [1.29, 1.82) is 0 Å². The van der Waals surface area contributed by atoms with Crippen molar-refractivity contribution in [3.63, 3.8) is 0 Å². The van der Waals surface area contributed by atoms with Crippen LogP contribution in [0.15, 0.2) is 24.3 Å². The third-order valence-corrected chi connectivity index (χ3v) is 2.78. The molecule has 0 bridgehead atoms. The average Bonchev–Trinajstić information content (AvgIpc) is 2.28. The molecule has 0 aromatic heterocycles. The lowest BCUT2D eigenvalue weighted by Gasteiger charge is -2.29. The monoisotopic (exact) mass is 240 g/mol. The lowest BCUT2D eigenvalue weighted by molar-refractivity contribution is -0.118. The fraction of sp³-hybridized carbons (Fsp3) is 0.417. The van der Waals surface area contributed by atoms with Crippen LogP contribution in [0.2, 0.25) is 0 Å². The van der Waals surface area contributed by atoms with E-state index in [9.17, 15) is 4.79 Å². The first-order valence-electron chi connectivity index (χ1n) is 5.41. The minimum Gasteiger partial charge on any atom is -0.330 e. The van der Waals surface area contributed by atoms with E-state index in [1.165, 1.54) is 5.56 Å². The van der Waals surface area contributed by atoms with Crippen molar-refractivity contribution in [2.45, 2.75) is 19.3 Å². The van der Waals surface area contributed by atoms with Crippen LogP contribution >= 0.6 is 12.4 Å². The van der Waals surface area contributed by atoms with Crippen molar-refractivity contribution in [3.05, 3.63) is 29.8 Å². The normalized spacial score (nSPS) is 14.3. The highest BCUT2D eigenvalue weighted by atomic mass is 35.5. The van der Waals surface area contributed by atoms with E-state index in [1.807, 2.05) is 23.1 Å². The van der Waals surface area contributed by atoms with Gasteiger partial charge in [0.1, 0.15) is 0 Å². The van der Waals surface area contributed by atoms with Gasteiger partial charge in [-0.05, 0) is 31.0 Å². The number of hydrogen-bond donors (Lipinski definition) is 1. The van der Waals surface area contributed by atoms with Crippen LogP contribution < -0.4 is 10.6 Å². The summed E-state index contributed by atoms with van der Waals surface area (Å²) in [6, 6.07) is 8.11. The van der Waals surface area contributed by atoms with E-state index in [0.717, 1.165) is 25.1 Å². The molecule has 0 spiro atoms. The molecule has 1 aromatic carbocycles. The molecule has 1 aromatic rings. The summed E-state index contributed by atoms with van der Waals surface area (Å²) >= 11 is 0. The molecule has 1 aliphatic rings. The third kappa shape index (κ3) is 2.54. The quantitative estimate of drug-likeness (QED) is 0.875. The Hall–Kier alpha value is -1.06. The lowest BCUT2D eigenvalue weighted by atomic mass is 10.0. The van der Waals surface area contributed by atoms with Gasteiger partial charge < -0.3 is 10.6 Å². The summed E-state index contributed by atoms with van der Waals surface area (Å²) in [5, 5.41) is 0. The average molecular weight is 241 g/mol. The number of halogens is 1. The van der Waals surface area contributed by atoms with Crippen molar-refractivity contribution in [3.8, 4) is 0 Å².